The predicted octanol–water partition coefficient (Wildman–Crippen LogP) is 1.99. The van der Waals surface area contributed by atoms with Crippen molar-refractivity contribution in [2.24, 2.45) is 0 Å². The fourth-order valence-corrected chi connectivity index (χ4v) is 1.08. The summed E-state index contributed by atoms with van der Waals surface area (Å²) in [5.41, 5.74) is 0. The summed E-state index contributed by atoms with van der Waals surface area (Å²) >= 11 is 0. The number of rotatable bonds is 4. The van der Waals surface area contributed by atoms with Crippen LogP contribution in [0.1, 0.15) is 25.5 Å². The van der Waals surface area contributed by atoms with E-state index in [1.165, 1.54) is 6.20 Å². The third-order valence-corrected chi connectivity index (χ3v) is 2.19. The van der Waals surface area contributed by atoms with E-state index in [0.29, 0.717) is 12.2 Å². The van der Waals surface area contributed by atoms with Crippen LogP contribution in [-0.4, -0.2) is 23.2 Å². The van der Waals surface area contributed by atoms with Crippen molar-refractivity contribution in [2.75, 3.05) is 0 Å². The highest BCUT2D eigenvalue weighted by atomic mass is 19.4. The van der Waals surface area contributed by atoms with Gasteiger partial charge < -0.3 is 15.1 Å². The van der Waals surface area contributed by atoms with E-state index in [4.69, 9.17) is 4.42 Å². The first-order valence-electron chi connectivity index (χ1n) is 5.37. The van der Waals surface area contributed by atoms with Gasteiger partial charge in [-0.3, -0.25) is 0 Å². The summed E-state index contributed by atoms with van der Waals surface area (Å²) in [5.74, 6) is 0.900. The van der Waals surface area contributed by atoms with Gasteiger partial charge in [0.25, 0.3) is 0 Å². The van der Waals surface area contributed by atoms with E-state index in [1.807, 2.05) is 6.92 Å². The average Bonchev–Trinajstić information content (AvgIpc) is 2.73. The maximum atomic E-state index is 12.1. The van der Waals surface area contributed by atoms with Crippen LogP contribution in [0.4, 0.5) is 18.0 Å². The molecule has 2 amide bonds. The molecule has 1 aromatic rings. The van der Waals surface area contributed by atoms with Gasteiger partial charge in [-0.25, -0.2) is 9.78 Å². The number of halogens is 3. The Morgan fingerprint density at radius 1 is 1.56 bits per heavy atom. The number of aryl methyl sites for hydroxylation is 1. The molecule has 0 aliphatic heterocycles. The number of alkyl halides is 3. The topological polar surface area (TPSA) is 67.2 Å². The van der Waals surface area contributed by atoms with E-state index in [1.54, 1.807) is 5.32 Å². The molecule has 0 spiro atoms. The molecular formula is C10H14F3N3O2. The third-order valence-electron chi connectivity index (χ3n) is 2.19. The molecule has 0 aliphatic carbocycles. The summed E-state index contributed by atoms with van der Waals surface area (Å²) < 4.78 is 41.6. The van der Waals surface area contributed by atoms with E-state index >= 15 is 0 Å². The number of amides is 2. The Morgan fingerprint density at radius 2 is 2.22 bits per heavy atom. The van der Waals surface area contributed by atoms with Gasteiger partial charge in [0.05, 0.1) is 12.7 Å². The summed E-state index contributed by atoms with van der Waals surface area (Å²) in [6.45, 7) is 2.67. The van der Waals surface area contributed by atoms with E-state index in [0.717, 1.165) is 6.92 Å². The Labute approximate surface area is 102 Å². The van der Waals surface area contributed by atoms with Gasteiger partial charge in [-0.1, -0.05) is 6.92 Å². The van der Waals surface area contributed by atoms with Crippen LogP contribution in [0.25, 0.3) is 0 Å². The van der Waals surface area contributed by atoms with Crippen molar-refractivity contribution in [3.63, 3.8) is 0 Å². The number of nitrogens with one attached hydrogen (secondary N) is 2. The molecule has 8 heteroatoms. The van der Waals surface area contributed by atoms with Crippen LogP contribution in [0.2, 0.25) is 0 Å². The van der Waals surface area contributed by atoms with Gasteiger partial charge in [0, 0.05) is 6.42 Å². The highest BCUT2D eigenvalue weighted by Gasteiger charge is 2.36. The standard InChI is InChI=1S/C10H14F3N3O2/c1-3-7-4-14-8(18-7)5-15-9(17)16-6(2)10(11,12)13/h4,6H,3,5H2,1-2H3,(H2,15,16,17)/t6-/m1/s1. The second-order valence-corrected chi connectivity index (χ2v) is 3.66. The van der Waals surface area contributed by atoms with Gasteiger partial charge in [-0.15, -0.1) is 0 Å². The zero-order chi connectivity index (χ0) is 13.8. The number of oxazole rings is 1. The fraction of sp³-hybridized carbons (Fsp3) is 0.600. The summed E-state index contributed by atoms with van der Waals surface area (Å²) in [5, 5.41) is 4.00. The highest BCUT2D eigenvalue weighted by Crippen LogP contribution is 2.19. The molecule has 1 rings (SSSR count). The lowest BCUT2D eigenvalue weighted by Gasteiger charge is -2.17. The fourth-order valence-electron chi connectivity index (χ4n) is 1.08. The molecule has 0 saturated heterocycles. The van der Waals surface area contributed by atoms with Crippen LogP contribution in [0.15, 0.2) is 10.6 Å². The van der Waals surface area contributed by atoms with Crippen molar-refractivity contribution in [3.05, 3.63) is 17.8 Å². The molecule has 0 aromatic carbocycles. The monoisotopic (exact) mass is 265 g/mol. The van der Waals surface area contributed by atoms with Crippen LogP contribution < -0.4 is 10.6 Å². The van der Waals surface area contributed by atoms with Gasteiger partial charge in [-0.05, 0) is 6.92 Å². The van der Waals surface area contributed by atoms with E-state index in [-0.39, 0.29) is 12.4 Å². The van der Waals surface area contributed by atoms with Crippen LogP contribution >= 0.6 is 0 Å². The molecule has 18 heavy (non-hydrogen) atoms. The lowest BCUT2D eigenvalue weighted by molar-refractivity contribution is -0.148. The molecule has 2 N–H and O–H groups in total. The average molecular weight is 265 g/mol. The Bertz CT molecular complexity index is 403. The Hall–Kier alpha value is -1.73. The molecule has 0 fully saturated rings. The predicted molar refractivity (Wildman–Crippen MR) is 56.8 cm³/mol. The first kappa shape index (κ1) is 14.3. The third kappa shape index (κ3) is 4.27. The van der Waals surface area contributed by atoms with Crippen molar-refractivity contribution >= 4 is 6.03 Å². The minimum absolute atomic E-state index is 0.0591. The van der Waals surface area contributed by atoms with E-state index < -0.39 is 18.2 Å². The summed E-state index contributed by atoms with van der Waals surface area (Å²) in [7, 11) is 0. The number of aromatic nitrogens is 1. The smallest absolute Gasteiger partial charge is 0.408 e. The van der Waals surface area contributed by atoms with Gasteiger partial charge in [-0.2, -0.15) is 13.2 Å². The maximum absolute atomic E-state index is 12.1. The molecule has 0 radical (unpaired) electrons. The van der Waals surface area contributed by atoms with Crippen LogP contribution in [0.5, 0.6) is 0 Å². The van der Waals surface area contributed by atoms with Crippen LogP contribution in [0, 0.1) is 0 Å². The molecule has 0 saturated carbocycles. The van der Waals surface area contributed by atoms with Gasteiger partial charge in [0.1, 0.15) is 11.8 Å². The molecule has 0 aliphatic rings. The number of hydrogen-bond donors (Lipinski definition) is 2. The SMILES string of the molecule is CCc1cnc(CNC(=O)N[C@H](C)C(F)(F)F)o1. The Balaban J connectivity index is 2.37. The summed E-state index contributed by atoms with van der Waals surface area (Å²) in [6, 6.07) is -2.83. The molecule has 1 aromatic heterocycles. The summed E-state index contributed by atoms with van der Waals surface area (Å²) in [6.07, 6.45) is -2.30. The quantitative estimate of drug-likeness (QED) is 0.874. The van der Waals surface area contributed by atoms with E-state index in [2.05, 4.69) is 10.3 Å². The van der Waals surface area contributed by atoms with Crippen LogP contribution in [-0.2, 0) is 13.0 Å². The number of carbonyl (C=O) groups is 1. The van der Waals surface area contributed by atoms with Crippen molar-refractivity contribution in [1.29, 1.82) is 0 Å². The molecule has 1 atom stereocenters. The minimum atomic E-state index is -4.46. The van der Waals surface area contributed by atoms with Crippen LogP contribution in [0.3, 0.4) is 0 Å². The zero-order valence-corrected chi connectivity index (χ0v) is 9.97. The number of nitrogens with zero attached hydrogens (tertiary/aromatic N) is 1. The molecule has 1 heterocycles. The van der Waals surface area contributed by atoms with E-state index in [9.17, 15) is 18.0 Å². The van der Waals surface area contributed by atoms with Gasteiger partial charge >= 0.3 is 12.2 Å². The van der Waals surface area contributed by atoms with Gasteiger partial charge in [0.2, 0.25) is 5.89 Å². The first-order valence-corrected chi connectivity index (χ1v) is 5.37. The number of hydrogen-bond acceptors (Lipinski definition) is 3. The lowest BCUT2D eigenvalue weighted by Crippen LogP contribution is -2.47. The molecule has 0 unspecified atom stereocenters. The number of carbonyl (C=O) groups excluding carboxylic acids is 1. The maximum Gasteiger partial charge on any atom is 0.408 e. The Kier molecular flexibility index (Phi) is 4.57. The summed E-state index contributed by atoms with van der Waals surface area (Å²) in [4.78, 5) is 15.0. The van der Waals surface area contributed by atoms with Crippen molar-refractivity contribution < 1.29 is 22.4 Å². The highest BCUT2D eigenvalue weighted by molar-refractivity contribution is 5.74. The minimum Gasteiger partial charge on any atom is -0.444 e. The molecular weight excluding hydrogens is 251 g/mol. The van der Waals surface area contributed by atoms with Crippen molar-refractivity contribution in [3.8, 4) is 0 Å². The zero-order valence-electron chi connectivity index (χ0n) is 9.97. The van der Waals surface area contributed by atoms with Crippen molar-refractivity contribution in [1.82, 2.24) is 15.6 Å². The molecule has 102 valence electrons. The lowest BCUT2D eigenvalue weighted by atomic mass is 10.3. The van der Waals surface area contributed by atoms with Gasteiger partial charge in [0.15, 0.2) is 0 Å². The molecule has 5 nitrogen and oxygen atoms in total. The largest absolute Gasteiger partial charge is 0.444 e. The Morgan fingerprint density at radius 3 is 2.72 bits per heavy atom. The molecule has 0 bridgehead atoms. The van der Waals surface area contributed by atoms with Crippen molar-refractivity contribution in [2.45, 2.75) is 39.0 Å². The number of urea groups is 1. The normalized spacial score (nSPS) is 13.2. The second kappa shape index (κ2) is 5.74. The second-order valence-electron chi connectivity index (χ2n) is 3.66. The first-order chi connectivity index (χ1) is 8.32.